The molecule has 1 aliphatic carbocycles. The van der Waals surface area contributed by atoms with Crippen molar-refractivity contribution < 1.29 is 0 Å². The maximum absolute atomic E-state index is 2.38. The van der Waals surface area contributed by atoms with Gasteiger partial charge in [0.2, 0.25) is 0 Å². The largest absolute Gasteiger partial charge is 0.0776 e. The first kappa shape index (κ1) is 12.7. The molecule has 0 N–H and O–H groups in total. The highest BCUT2D eigenvalue weighted by atomic mass is 14.1. The molecule has 10 heavy (non-hydrogen) atoms. The van der Waals surface area contributed by atoms with Crippen molar-refractivity contribution in [1.29, 1.82) is 0 Å². The van der Waals surface area contributed by atoms with Crippen LogP contribution in [0.25, 0.3) is 0 Å². The van der Waals surface area contributed by atoms with Crippen LogP contribution >= 0.6 is 0 Å². The molecule has 0 aliphatic heterocycles. The van der Waals surface area contributed by atoms with Crippen LogP contribution in [0.3, 0.4) is 0 Å². The van der Waals surface area contributed by atoms with E-state index in [0.29, 0.717) is 0 Å². The van der Waals surface area contributed by atoms with Gasteiger partial charge in [0.15, 0.2) is 0 Å². The summed E-state index contributed by atoms with van der Waals surface area (Å²) in [6, 6.07) is 0. The summed E-state index contributed by atoms with van der Waals surface area (Å²) < 4.78 is 0. The molecular weight excluding hydrogens is 120 g/mol. The van der Waals surface area contributed by atoms with Gasteiger partial charge in [-0.2, -0.15) is 0 Å². The molecule has 64 valence electrons. The third-order valence-electron chi connectivity index (χ3n) is 2.14. The third kappa shape index (κ3) is 4.84. The van der Waals surface area contributed by atoms with Crippen molar-refractivity contribution in [3.8, 4) is 0 Å². The second-order valence-corrected chi connectivity index (χ2v) is 3.10. The van der Waals surface area contributed by atoms with Crippen molar-refractivity contribution in [1.82, 2.24) is 0 Å². The fourth-order valence-electron chi connectivity index (χ4n) is 1.48. The Bertz CT molecular complexity index is 49.1. The third-order valence-corrected chi connectivity index (χ3v) is 2.14. The molecule has 1 fully saturated rings. The molecule has 0 heteroatoms. The van der Waals surface area contributed by atoms with E-state index in [0.717, 1.165) is 5.92 Å². The Kier molecular flexibility index (Phi) is 9.00. The zero-order valence-electron chi connectivity index (χ0n) is 5.82. The van der Waals surface area contributed by atoms with Crippen LogP contribution in [0.2, 0.25) is 0 Å². The van der Waals surface area contributed by atoms with Gasteiger partial charge < -0.3 is 0 Å². The lowest BCUT2D eigenvalue weighted by Gasteiger charge is -2.02. The van der Waals surface area contributed by atoms with Gasteiger partial charge in [-0.25, -0.2) is 0 Å². The maximum atomic E-state index is 2.38. The Morgan fingerprint density at radius 1 is 0.800 bits per heavy atom. The van der Waals surface area contributed by atoms with Crippen LogP contribution < -0.4 is 0 Å². The summed E-state index contributed by atoms with van der Waals surface area (Å²) in [5, 5.41) is 0. The number of hydrogen-bond acceptors (Lipinski definition) is 0. The predicted molar refractivity (Wildman–Crippen MR) is 50.3 cm³/mol. The van der Waals surface area contributed by atoms with E-state index in [2.05, 4.69) is 6.92 Å². The molecule has 0 aromatic heterocycles. The van der Waals surface area contributed by atoms with Crippen LogP contribution in [-0.4, -0.2) is 0 Å². The van der Waals surface area contributed by atoms with E-state index in [1.807, 2.05) is 0 Å². The average Bonchev–Trinajstić information content (AvgIpc) is 1.94. The Labute approximate surface area is 67.0 Å². The minimum absolute atomic E-state index is 0. The van der Waals surface area contributed by atoms with Crippen LogP contribution in [-0.2, 0) is 0 Å². The van der Waals surface area contributed by atoms with Crippen LogP contribution in [0.4, 0.5) is 0 Å². The van der Waals surface area contributed by atoms with E-state index in [9.17, 15) is 0 Å². The normalized spacial score (nSPS) is 20.1. The van der Waals surface area contributed by atoms with E-state index in [-0.39, 0.29) is 14.9 Å². The SMILES string of the molecule is C.C.CC1CCCCCC1. The molecule has 1 saturated carbocycles. The van der Waals surface area contributed by atoms with Crippen molar-refractivity contribution in [3.05, 3.63) is 0 Å². The van der Waals surface area contributed by atoms with Crippen molar-refractivity contribution in [2.45, 2.75) is 60.3 Å². The Hall–Kier alpha value is 0. The molecule has 0 aromatic carbocycles. The van der Waals surface area contributed by atoms with Gasteiger partial charge in [0, 0.05) is 0 Å². The number of rotatable bonds is 0. The maximum Gasteiger partial charge on any atom is -0.0443 e. The summed E-state index contributed by atoms with van der Waals surface area (Å²) in [6.07, 6.45) is 8.93. The van der Waals surface area contributed by atoms with Gasteiger partial charge in [-0.1, -0.05) is 60.3 Å². The summed E-state index contributed by atoms with van der Waals surface area (Å²) in [6.45, 7) is 2.38. The van der Waals surface area contributed by atoms with Gasteiger partial charge in [0.1, 0.15) is 0 Å². The standard InChI is InChI=1S/C8H16.2CH4/c1-8-6-4-2-3-5-7-8;;/h8H,2-7H2,1H3;2*1H4. The summed E-state index contributed by atoms with van der Waals surface area (Å²) >= 11 is 0. The summed E-state index contributed by atoms with van der Waals surface area (Å²) in [4.78, 5) is 0. The van der Waals surface area contributed by atoms with E-state index in [1.165, 1.54) is 38.5 Å². The van der Waals surface area contributed by atoms with E-state index in [4.69, 9.17) is 0 Å². The highest BCUT2D eigenvalue weighted by molar-refractivity contribution is 4.58. The Balaban J connectivity index is 0. The van der Waals surface area contributed by atoms with Crippen LogP contribution in [0.15, 0.2) is 0 Å². The van der Waals surface area contributed by atoms with Gasteiger partial charge in [0.05, 0.1) is 0 Å². The lowest BCUT2D eigenvalue weighted by molar-refractivity contribution is 0.505. The van der Waals surface area contributed by atoms with Crippen LogP contribution in [0.1, 0.15) is 60.3 Å². The molecule has 0 atom stereocenters. The fraction of sp³-hybridized carbons (Fsp3) is 1.00. The highest BCUT2D eigenvalue weighted by Crippen LogP contribution is 2.21. The van der Waals surface area contributed by atoms with E-state index < -0.39 is 0 Å². The van der Waals surface area contributed by atoms with Gasteiger partial charge in [-0.05, 0) is 5.92 Å². The molecule has 0 radical (unpaired) electrons. The van der Waals surface area contributed by atoms with E-state index in [1.54, 1.807) is 0 Å². The first-order valence-electron chi connectivity index (χ1n) is 3.89. The molecule has 0 spiro atoms. The molecule has 1 aliphatic rings. The van der Waals surface area contributed by atoms with Crippen molar-refractivity contribution in [2.24, 2.45) is 5.92 Å². The van der Waals surface area contributed by atoms with Gasteiger partial charge in [0.25, 0.3) is 0 Å². The van der Waals surface area contributed by atoms with Gasteiger partial charge >= 0.3 is 0 Å². The summed E-state index contributed by atoms with van der Waals surface area (Å²) in [7, 11) is 0. The van der Waals surface area contributed by atoms with Crippen molar-refractivity contribution in [3.63, 3.8) is 0 Å². The fourth-order valence-corrected chi connectivity index (χ4v) is 1.48. The second-order valence-electron chi connectivity index (χ2n) is 3.10. The Morgan fingerprint density at radius 2 is 1.20 bits per heavy atom. The average molecular weight is 144 g/mol. The predicted octanol–water partition coefficient (Wildman–Crippen LogP) is 4.25. The second kappa shape index (κ2) is 7.11. The minimum Gasteiger partial charge on any atom is -0.0776 e. The van der Waals surface area contributed by atoms with Gasteiger partial charge in [-0.3, -0.25) is 0 Å². The lowest BCUT2D eigenvalue weighted by atomic mass is 10.0. The molecule has 0 aromatic rings. The molecular formula is C10H24. The molecule has 1 rings (SSSR count). The highest BCUT2D eigenvalue weighted by Gasteiger charge is 2.04. The topological polar surface area (TPSA) is 0 Å². The lowest BCUT2D eigenvalue weighted by Crippen LogP contribution is -1.88. The number of hydrogen-bond donors (Lipinski definition) is 0. The molecule has 0 saturated heterocycles. The quantitative estimate of drug-likeness (QED) is 0.446. The first-order chi connectivity index (χ1) is 3.89. The van der Waals surface area contributed by atoms with Crippen molar-refractivity contribution >= 4 is 0 Å². The summed E-state index contributed by atoms with van der Waals surface area (Å²) in [5.41, 5.74) is 0. The molecule has 0 amide bonds. The zero-order chi connectivity index (χ0) is 5.82. The molecule has 0 heterocycles. The summed E-state index contributed by atoms with van der Waals surface area (Å²) in [5.74, 6) is 1.03. The minimum atomic E-state index is 0. The first-order valence-corrected chi connectivity index (χ1v) is 3.89. The molecule has 0 unspecified atom stereocenters. The zero-order valence-corrected chi connectivity index (χ0v) is 5.82. The van der Waals surface area contributed by atoms with E-state index >= 15 is 0 Å². The molecule has 0 bridgehead atoms. The monoisotopic (exact) mass is 144 g/mol. The molecule has 0 nitrogen and oxygen atoms in total. The smallest absolute Gasteiger partial charge is 0.0443 e. The van der Waals surface area contributed by atoms with Crippen LogP contribution in [0, 0.1) is 5.92 Å². The van der Waals surface area contributed by atoms with Gasteiger partial charge in [-0.15, -0.1) is 0 Å². The Morgan fingerprint density at radius 3 is 1.60 bits per heavy atom. The van der Waals surface area contributed by atoms with Crippen molar-refractivity contribution in [2.75, 3.05) is 0 Å². The van der Waals surface area contributed by atoms with Crippen LogP contribution in [0.5, 0.6) is 0 Å².